The third-order valence-corrected chi connectivity index (χ3v) is 7.32. The number of furan rings is 1. The molecular weight excluding hydrogens is 466 g/mol. The molecule has 1 aliphatic carbocycles. The molecule has 0 radical (unpaired) electrons. The van der Waals surface area contributed by atoms with E-state index in [-0.39, 0.29) is 23.6 Å². The number of nitrogens with one attached hydrogen (secondary N) is 1. The average Bonchev–Trinajstić information content (AvgIpc) is 3.67. The minimum atomic E-state index is -0.763. The van der Waals surface area contributed by atoms with Crippen LogP contribution in [0.3, 0.4) is 0 Å². The van der Waals surface area contributed by atoms with Gasteiger partial charge in [-0.3, -0.25) is 9.59 Å². The first-order valence-electron chi connectivity index (χ1n) is 13.3. The van der Waals surface area contributed by atoms with Gasteiger partial charge in [-0.05, 0) is 54.7 Å². The van der Waals surface area contributed by atoms with Crippen molar-refractivity contribution in [2.24, 2.45) is 0 Å². The summed E-state index contributed by atoms with van der Waals surface area (Å²) < 4.78 is 11.0. The second kappa shape index (κ2) is 12.1. The number of rotatable bonds is 9. The summed E-state index contributed by atoms with van der Waals surface area (Å²) in [6.45, 7) is 3.48. The van der Waals surface area contributed by atoms with E-state index in [0.717, 1.165) is 55.6 Å². The van der Waals surface area contributed by atoms with E-state index in [1.54, 1.807) is 17.0 Å². The lowest BCUT2D eigenvalue weighted by molar-refractivity contribution is -0.126. The highest BCUT2D eigenvalue weighted by Crippen LogP contribution is 2.28. The summed E-state index contributed by atoms with van der Waals surface area (Å²) in [6, 6.07) is 20.8. The topological polar surface area (TPSA) is 75.0 Å². The number of amides is 2. The minimum Gasteiger partial charge on any atom is -0.459 e. The number of ether oxygens (including phenoxy) is 1. The van der Waals surface area contributed by atoms with Crippen molar-refractivity contribution in [3.8, 4) is 0 Å². The van der Waals surface area contributed by atoms with Crippen LogP contribution in [0.2, 0.25) is 0 Å². The molecule has 1 saturated carbocycles. The van der Waals surface area contributed by atoms with Gasteiger partial charge in [0.05, 0.1) is 19.5 Å². The molecular formula is C30H35N3O4. The fourth-order valence-electron chi connectivity index (χ4n) is 5.30. The molecule has 37 heavy (non-hydrogen) atoms. The Bertz CT molecular complexity index is 1140. The lowest BCUT2D eigenvalue weighted by atomic mass is 10.0. The van der Waals surface area contributed by atoms with Crippen molar-refractivity contribution >= 4 is 17.5 Å². The van der Waals surface area contributed by atoms with Crippen LogP contribution in [0.1, 0.15) is 53.4 Å². The van der Waals surface area contributed by atoms with Gasteiger partial charge in [-0.25, -0.2) is 0 Å². The standard InChI is InChI=1S/C30H35N3O4/c34-29(31-25-9-4-5-10-25)28(24-12-14-26(15-13-24)32-18-21-36-22-19-32)33(30(35)27-11-6-20-37-27)17-16-23-7-2-1-3-8-23/h1-3,6-8,11-15,20,25,28H,4-5,9-10,16-19,21-22H2,(H,31,34). The molecule has 1 aliphatic heterocycles. The number of nitrogens with zero attached hydrogens (tertiary/aromatic N) is 2. The van der Waals surface area contributed by atoms with E-state index in [1.807, 2.05) is 54.6 Å². The Labute approximate surface area is 218 Å². The average molecular weight is 502 g/mol. The van der Waals surface area contributed by atoms with Crippen LogP contribution in [0.15, 0.2) is 77.4 Å². The van der Waals surface area contributed by atoms with Gasteiger partial charge in [-0.2, -0.15) is 0 Å². The van der Waals surface area contributed by atoms with Crippen LogP contribution < -0.4 is 10.2 Å². The van der Waals surface area contributed by atoms with Gasteiger partial charge in [0.15, 0.2) is 5.76 Å². The van der Waals surface area contributed by atoms with Gasteiger partial charge in [-0.15, -0.1) is 0 Å². The highest BCUT2D eigenvalue weighted by atomic mass is 16.5. The maximum atomic E-state index is 13.9. The van der Waals surface area contributed by atoms with E-state index in [4.69, 9.17) is 9.15 Å². The Hall–Kier alpha value is -3.58. The van der Waals surface area contributed by atoms with E-state index in [1.165, 1.54) is 6.26 Å². The molecule has 2 aliphatic rings. The van der Waals surface area contributed by atoms with E-state index < -0.39 is 6.04 Å². The Morgan fingerprint density at radius 2 is 1.68 bits per heavy atom. The third kappa shape index (κ3) is 6.23. The zero-order valence-electron chi connectivity index (χ0n) is 21.2. The van der Waals surface area contributed by atoms with E-state index in [0.29, 0.717) is 26.2 Å². The summed E-state index contributed by atoms with van der Waals surface area (Å²) in [5.74, 6) is -0.194. The van der Waals surface area contributed by atoms with Gasteiger partial charge in [0, 0.05) is 31.4 Å². The number of hydrogen-bond donors (Lipinski definition) is 1. The maximum absolute atomic E-state index is 13.9. The summed E-state index contributed by atoms with van der Waals surface area (Å²) in [5, 5.41) is 3.24. The Morgan fingerprint density at radius 3 is 2.35 bits per heavy atom. The van der Waals surface area contributed by atoms with Crippen LogP contribution in [-0.2, 0) is 16.0 Å². The third-order valence-electron chi connectivity index (χ3n) is 7.32. The van der Waals surface area contributed by atoms with Gasteiger partial charge >= 0.3 is 0 Å². The van der Waals surface area contributed by atoms with Crippen LogP contribution in [0.5, 0.6) is 0 Å². The van der Waals surface area contributed by atoms with Gasteiger partial charge in [-0.1, -0.05) is 55.3 Å². The molecule has 1 saturated heterocycles. The second-order valence-corrected chi connectivity index (χ2v) is 9.79. The molecule has 2 aromatic carbocycles. The molecule has 2 fully saturated rings. The van der Waals surface area contributed by atoms with Gasteiger partial charge in [0.2, 0.25) is 5.91 Å². The van der Waals surface area contributed by atoms with Crippen molar-refractivity contribution in [3.05, 3.63) is 89.9 Å². The summed E-state index contributed by atoms with van der Waals surface area (Å²) in [6.07, 6.45) is 6.31. The SMILES string of the molecule is O=C(NC1CCCC1)C(c1ccc(N2CCOCC2)cc1)N(CCc1ccccc1)C(=O)c1ccco1. The highest BCUT2D eigenvalue weighted by molar-refractivity contribution is 5.96. The molecule has 2 heterocycles. The number of benzene rings is 2. The van der Waals surface area contributed by atoms with E-state index >= 15 is 0 Å². The maximum Gasteiger partial charge on any atom is 0.290 e. The zero-order chi connectivity index (χ0) is 25.5. The Balaban J connectivity index is 1.46. The molecule has 2 amide bonds. The number of carbonyl (C=O) groups excluding carboxylic acids is 2. The van der Waals surface area contributed by atoms with Crippen LogP contribution in [0.4, 0.5) is 5.69 Å². The molecule has 1 atom stereocenters. The molecule has 7 nitrogen and oxygen atoms in total. The molecule has 194 valence electrons. The molecule has 0 bridgehead atoms. The number of carbonyl (C=O) groups is 2. The lowest BCUT2D eigenvalue weighted by Gasteiger charge is -2.33. The Kier molecular flexibility index (Phi) is 8.21. The monoisotopic (exact) mass is 501 g/mol. The smallest absolute Gasteiger partial charge is 0.290 e. The van der Waals surface area contributed by atoms with Crippen LogP contribution in [-0.4, -0.2) is 55.6 Å². The first-order valence-corrected chi connectivity index (χ1v) is 13.3. The van der Waals surface area contributed by atoms with Gasteiger partial charge in [0.1, 0.15) is 6.04 Å². The molecule has 0 spiro atoms. The summed E-state index contributed by atoms with van der Waals surface area (Å²) >= 11 is 0. The summed E-state index contributed by atoms with van der Waals surface area (Å²) in [5.41, 5.74) is 2.99. The lowest BCUT2D eigenvalue weighted by Crippen LogP contribution is -2.46. The normalized spacial score (nSPS) is 16.9. The molecule has 7 heteroatoms. The highest BCUT2D eigenvalue weighted by Gasteiger charge is 2.34. The Morgan fingerprint density at radius 1 is 0.946 bits per heavy atom. The van der Waals surface area contributed by atoms with Crippen LogP contribution in [0.25, 0.3) is 0 Å². The molecule has 3 aromatic rings. The first kappa shape index (κ1) is 25.1. The fourth-order valence-corrected chi connectivity index (χ4v) is 5.30. The molecule has 1 unspecified atom stereocenters. The van der Waals surface area contributed by atoms with Crippen LogP contribution >= 0.6 is 0 Å². The van der Waals surface area contributed by atoms with Crippen molar-refractivity contribution in [1.82, 2.24) is 10.2 Å². The van der Waals surface area contributed by atoms with Crippen LogP contribution in [0, 0.1) is 0 Å². The molecule has 5 rings (SSSR count). The van der Waals surface area contributed by atoms with Gasteiger partial charge < -0.3 is 24.3 Å². The van der Waals surface area contributed by atoms with E-state index in [9.17, 15) is 9.59 Å². The first-order chi connectivity index (χ1) is 18.2. The number of hydrogen-bond acceptors (Lipinski definition) is 5. The fraction of sp³-hybridized carbons (Fsp3) is 0.400. The minimum absolute atomic E-state index is 0.140. The quantitative estimate of drug-likeness (QED) is 0.464. The molecule has 1 N–H and O–H groups in total. The largest absolute Gasteiger partial charge is 0.459 e. The predicted octanol–water partition coefficient (Wildman–Crippen LogP) is 4.60. The predicted molar refractivity (Wildman–Crippen MR) is 143 cm³/mol. The summed E-state index contributed by atoms with van der Waals surface area (Å²) in [7, 11) is 0. The van der Waals surface area contributed by atoms with Crippen molar-refractivity contribution in [1.29, 1.82) is 0 Å². The molecule has 1 aromatic heterocycles. The van der Waals surface area contributed by atoms with Crippen molar-refractivity contribution in [2.45, 2.75) is 44.2 Å². The zero-order valence-corrected chi connectivity index (χ0v) is 21.2. The number of anilines is 1. The van der Waals surface area contributed by atoms with E-state index in [2.05, 4.69) is 10.2 Å². The second-order valence-electron chi connectivity index (χ2n) is 9.79. The summed E-state index contributed by atoms with van der Waals surface area (Å²) in [4.78, 5) is 31.5. The van der Waals surface area contributed by atoms with Crippen molar-refractivity contribution in [3.63, 3.8) is 0 Å². The van der Waals surface area contributed by atoms with Gasteiger partial charge in [0.25, 0.3) is 5.91 Å². The number of morpholine rings is 1. The van der Waals surface area contributed by atoms with Crippen molar-refractivity contribution in [2.75, 3.05) is 37.7 Å². The van der Waals surface area contributed by atoms with Crippen molar-refractivity contribution < 1.29 is 18.7 Å².